The maximum atomic E-state index is 4.24. The number of nitrogens with zero attached hydrogens (tertiary/aromatic N) is 3. The van der Waals surface area contributed by atoms with Gasteiger partial charge in [0.25, 0.3) is 0 Å². The second-order valence-electron chi connectivity index (χ2n) is 3.40. The van der Waals surface area contributed by atoms with E-state index < -0.39 is 0 Å². The van der Waals surface area contributed by atoms with Crippen LogP contribution in [0.4, 0.5) is 0 Å². The molecule has 1 radical (unpaired) electrons. The van der Waals surface area contributed by atoms with Crippen molar-refractivity contribution in [3.63, 3.8) is 0 Å². The molecule has 0 amide bonds. The van der Waals surface area contributed by atoms with Crippen LogP contribution >= 0.6 is 0 Å². The Morgan fingerprint density at radius 1 is 1.33 bits per heavy atom. The highest BCUT2D eigenvalue weighted by Gasteiger charge is 2.22. The third-order valence-electron chi connectivity index (χ3n) is 2.45. The number of rotatable bonds is 3. The Labute approximate surface area is 90.0 Å². The highest BCUT2D eigenvalue weighted by atomic mass is 15.2. The summed E-state index contributed by atoms with van der Waals surface area (Å²) in [6.07, 6.45) is 5.35. The number of piperazine rings is 1. The van der Waals surface area contributed by atoms with Crippen molar-refractivity contribution in [3.8, 4) is 0 Å². The fourth-order valence-electron chi connectivity index (χ4n) is 1.70. The van der Waals surface area contributed by atoms with Gasteiger partial charge in [0, 0.05) is 38.6 Å². The molecule has 1 aromatic rings. The van der Waals surface area contributed by atoms with Gasteiger partial charge in [0.15, 0.2) is 5.82 Å². The van der Waals surface area contributed by atoms with E-state index in [1.54, 1.807) is 12.4 Å². The first-order chi connectivity index (χ1) is 7.42. The van der Waals surface area contributed by atoms with Crippen LogP contribution in [0.25, 0.3) is 0 Å². The molecule has 1 N–H and O–H groups in total. The van der Waals surface area contributed by atoms with E-state index in [9.17, 15) is 0 Å². The Morgan fingerprint density at radius 2 is 2.00 bits per heavy atom. The molecule has 0 spiro atoms. The van der Waals surface area contributed by atoms with Crippen LogP contribution < -0.4 is 5.32 Å². The number of aromatic nitrogens is 2. The molecule has 0 bridgehead atoms. The average molecular weight is 203 g/mol. The van der Waals surface area contributed by atoms with Crippen LogP contribution in [-0.2, 0) is 0 Å². The fourth-order valence-corrected chi connectivity index (χ4v) is 1.70. The van der Waals surface area contributed by atoms with Crippen molar-refractivity contribution >= 4 is 0 Å². The van der Waals surface area contributed by atoms with Gasteiger partial charge in [0.2, 0.25) is 0 Å². The molecule has 1 saturated heterocycles. The normalized spacial score (nSPS) is 17.9. The first kappa shape index (κ1) is 10.3. The Morgan fingerprint density at radius 3 is 2.60 bits per heavy atom. The zero-order valence-electron chi connectivity index (χ0n) is 8.69. The maximum Gasteiger partial charge on any atom is 0.155 e. The summed E-state index contributed by atoms with van der Waals surface area (Å²) in [5.74, 6) is 0.759. The molecule has 4 nitrogen and oxygen atoms in total. The van der Waals surface area contributed by atoms with Crippen molar-refractivity contribution in [2.24, 2.45) is 0 Å². The molecule has 1 aliphatic heterocycles. The molecule has 1 aromatic heterocycles. The maximum absolute atomic E-state index is 4.24. The van der Waals surface area contributed by atoms with Crippen molar-refractivity contribution in [1.82, 2.24) is 20.2 Å². The lowest BCUT2D eigenvalue weighted by Gasteiger charge is -2.31. The molecular formula is C11H15N4. The highest BCUT2D eigenvalue weighted by Crippen LogP contribution is 2.16. The van der Waals surface area contributed by atoms with Crippen molar-refractivity contribution in [3.05, 3.63) is 43.0 Å². The highest BCUT2D eigenvalue weighted by molar-refractivity contribution is 5.23. The molecule has 0 saturated carbocycles. The van der Waals surface area contributed by atoms with E-state index in [1.165, 1.54) is 0 Å². The first-order valence-corrected chi connectivity index (χ1v) is 5.14. The number of hydrogen-bond acceptors (Lipinski definition) is 4. The summed E-state index contributed by atoms with van der Waals surface area (Å²) in [5, 5.41) is 3.32. The topological polar surface area (TPSA) is 41.1 Å². The SMILES string of the molecule is C=C[C](c1ncccn1)N1CCNCC1. The lowest BCUT2D eigenvalue weighted by atomic mass is 10.2. The first-order valence-electron chi connectivity index (χ1n) is 5.14. The van der Waals surface area contributed by atoms with E-state index in [-0.39, 0.29) is 0 Å². The summed E-state index contributed by atoms with van der Waals surface area (Å²) in [5.41, 5.74) is 0. The van der Waals surface area contributed by atoms with Crippen LogP contribution in [0.1, 0.15) is 5.82 Å². The summed E-state index contributed by atoms with van der Waals surface area (Å²) < 4.78 is 0. The fraction of sp³-hybridized carbons (Fsp3) is 0.364. The summed E-state index contributed by atoms with van der Waals surface area (Å²) in [6, 6.07) is 2.85. The molecule has 15 heavy (non-hydrogen) atoms. The van der Waals surface area contributed by atoms with Crippen molar-refractivity contribution in [1.29, 1.82) is 0 Å². The van der Waals surface area contributed by atoms with Gasteiger partial charge in [-0.15, -0.1) is 6.58 Å². The molecule has 79 valence electrons. The van der Waals surface area contributed by atoms with E-state index >= 15 is 0 Å². The minimum atomic E-state index is 0.759. The molecule has 0 aromatic carbocycles. The summed E-state index contributed by atoms with van der Waals surface area (Å²) >= 11 is 0. The third kappa shape index (κ3) is 2.40. The van der Waals surface area contributed by atoms with E-state index in [0.717, 1.165) is 38.0 Å². The van der Waals surface area contributed by atoms with Gasteiger partial charge in [-0.3, -0.25) is 4.90 Å². The van der Waals surface area contributed by atoms with Crippen molar-refractivity contribution in [2.45, 2.75) is 0 Å². The predicted octanol–water partition coefficient (Wildman–Crippen LogP) is 0.448. The Kier molecular flexibility index (Phi) is 3.42. The van der Waals surface area contributed by atoms with Crippen molar-refractivity contribution in [2.75, 3.05) is 26.2 Å². The second kappa shape index (κ2) is 5.00. The minimum Gasteiger partial charge on any atom is -0.314 e. The van der Waals surface area contributed by atoms with Gasteiger partial charge in [-0.1, -0.05) is 6.08 Å². The van der Waals surface area contributed by atoms with Gasteiger partial charge < -0.3 is 5.32 Å². The quantitative estimate of drug-likeness (QED) is 0.774. The zero-order chi connectivity index (χ0) is 10.5. The largest absolute Gasteiger partial charge is 0.314 e. The number of nitrogens with one attached hydrogen (secondary N) is 1. The standard InChI is InChI=1S/C11H15N4/c1-2-10(11-13-4-3-5-14-11)15-8-6-12-7-9-15/h2-5,12H,1,6-9H2. The second-order valence-corrected chi connectivity index (χ2v) is 3.40. The average Bonchev–Trinajstić information content (AvgIpc) is 2.33. The van der Waals surface area contributed by atoms with Crippen molar-refractivity contribution < 1.29 is 0 Å². The molecular weight excluding hydrogens is 188 g/mol. The Hall–Kier alpha value is -1.26. The van der Waals surface area contributed by atoms with Crippen LogP contribution in [0, 0.1) is 6.04 Å². The molecule has 1 aliphatic rings. The van der Waals surface area contributed by atoms with E-state index in [0.29, 0.717) is 0 Å². The van der Waals surface area contributed by atoms with Gasteiger partial charge >= 0.3 is 0 Å². The van der Waals surface area contributed by atoms with E-state index in [1.807, 2.05) is 12.1 Å². The number of hydrogen-bond donors (Lipinski definition) is 1. The molecule has 0 unspecified atom stereocenters. The van der Waals surface area contributed by atoms with Crippen LogP contribution in [-0.4, -0.2) is 41.0 Å². The third-order valence-corrected chi connectivity index (χ3v) is 2.45. The summed E-state index contributed by atoms with van der Waals surface area (Å²) in [6.45, 7) is 7.81. The van der Waals surface area contributed by atoms with Gasteiger partial charge in [-0.25, -0.2) is 9.97 Å². The predicted molar refractivity (Wildman–Crippen MR) is 59.0 cm³/mol. The lowest BCUT2D eigenvalue weighted by molar-refractivity contribution is 0.272. The molecule has 4 heteroatoms. The minimum absolute atomic E-state index is 0.759. The van der Waals surface area contributed by atoms with Crippen LogP contribution in [0.15, 0.2) is 31.1 Å². The Bertz CT molecular complexity index is 306. The van der Waals surface area contributed by atoms with Crippen LogP contribution in [0.5, 0.6) is 0 Å². The molecule has 2 heterocycles. The van der Waals surface area contributed by atoms with Crippen LogP contribution in [0.2, 0.25) is 0 Å². The molecule has 0 atom stereocenters. The van der Waals surface area contributed by atoms with Gasteiger partial charge in [-0.2, -0.15) is 0 Å². The summed E-state index contributed by atoms with van der Waals surface area (Å²) in [7, 11) is 0. The molecule has 1 fully saturated rings. The van der Waals surface area contributed by atoms with E-state index in [4.69, 9.17) is 0 Å². The zero-order valence-corrected chi connectivity index (χ0v) is 8.69. The molecule has 0 aliphatic carbocycles. The Balaban J connectivity index is 2.12. The summed E-state index contributed by atoms with van der Waals surface area (Å²) in [4.78, 5) is 10.7. The molecule has 2 rings (SSSR count). The van der Waals surface area contributed by atoms with Gasteiger partial charge in [0.1, 0.15) is 6.04 Å². The smallest absolute Gasteiger partial charge is 0.155 e. The van der Waals surface area contributed by atoms with Crippen LogP contribution in [0.3, 0.4) is 0 Å². The monoisotopic (exact) mass is 203 g/mol. The van der Waals surface area contributed by atoms with Gasteiger partial charge in [0.05, 0.1) is 0 Å². The van der Waals surface area contributed by atoms with E-state index in [2.05, 4.69) is 26.8 Å². The lowest BCUT2D eigenvalue weighted by Crippen LogP contribution is -2.45. The van der Waals surface area contributed by atoms with Gasteiger partial charge in [-0.05, 0) is 6.07 Å².